The Balaban J connectivity index is 1.25. The lowest BCUT2D eigenvalue weighted by Gasteiger charge is -2.49. The maximum Gasteiger partial charge on any atom is 0.349 e. The van der Waals surface area contributed by atoms with Gasteiger partial charge in [0, 0.05) is 59.8 Å². The fraction of sp³-hybridized carbons (Fsp3) is 0.648. The quantitative estimate of drug-likeness (QED) is 0.0497. The third kappa shape index (κ3) is 18.4. The van der Waals surface area contributed by atoms with E-state index < -0.39 is 127 Å². The van der Waals surface area contributed by atoms with Crippen LogP contribution in [0.3, 0.4) is 0 Å². The van der Waals surface area contributed by atoms with Gasteiger partial charge in [-0.05, 0) is 50.0 Å². The molecule has 4 heterocycles. The molecule has 0 aromatic heterocycles. The van der Waals surface area contributed by atoms with Crippen molar-refractivity contribution in [2.75, 3.05) is 52.5 Å². The average Bonchev–Trinajstić information content (AvgIpc) is 3.40. The summed E-state index contributed by atoms with van der Waals surface area (Å²) in [6.07, 6.45) is -5.00. The van der Waals surface area contributed by atoms with Crippen LogP contribution in [-0.4, -0.2) is 160 Å². The first kappa shape index (κ1) is 61.0. The second-order valence-electron chi connectivity index (χ2n) is 19.0. The summed E-state index contributed by atoms with van der Waals surface area (Å²) < 4.78 is 84.2. The van der Waals surface area contributed by atoms with Crippen LogP contribution in [0.25, 0.3) is 0 Å². The maximum absolute atomic E-state index is 14.2. The van der Waals surface area contributed by atoms with Crippen molar-refractivity contribution in [1.29, 1.82) is 0 Å². The van der Waals surface area contributed by atoms with Gasteiger partial charge in [0.1, 0.15) is 31.0 Å². The molecule has 0 bridgehead atoms. The van der Waals surface area contributed by atoms with E-state index in [4.69, 9.17) is 66.3 Å². The Kier molecular flexibility index (Phi) is 23.9. The molecule has 23 heteroatoms. The van der Waals surface area contributed by atoms with E-state index in [1.165, 1.54) is 6.92 Å². The molecule has 2 aromatic carbocycles. The fourth-order valence-corrected chi connectivity index (χ4v) is 10.9. The third-order valence-electron chi connectivity index (χ3n) is 12.7. The smallest absolute Gasteiger partial charge is 0.349 e. The van der Waals surface area contributed by atoms with Gasteiger partial charge in [0.25, 0.3) is 0 Å². The van der Waals surface area contributed by atoms with Crippen LogP contribution in [0.15, 0.2) is 60.7 Å². The van der Waals surface area contributed by atoms with E-state index in [-0.39, 0.29) is 43.8 Å². The Hall–Kier alpha value is -5.24. The summed E-state index contributed by atoms with van der Waals surface area (Å²) in [5, 5.41) is 2.65. The lowest BCUT2D eigenvalue weighted by atomic mass is 9.89. The number of thioether (sulfide) groups is 1. The summed E-state index contributed by atoms with van der Waals surface area (Å²) in [6.45, 7) is 6.69. The Morgan fingerprint density at radius 1 is 0.740 bits per heavy atom. The topological polar surface area (TPSA) is 261 Å². The highest BCUT2D eigenvalue weighted by molar-refractivity contribution is 8.01. The number of rotatable bonds is 27. The molecule has 4 fully saturated rings. The number of unbranched alkanes of at least 4 members (excludes halogenated alkanes) is 4. The normalized spacial score (nSPS) is 27.1. The molecule has 1 N–H and O–H groups in total. The number of fused-ring (bicyclic) bond motifs is 1. The molecule has 1 amide bonds. The molecule has 4 aliphatic rings. The van der Waals surface area contributed by atoms with Crippen LogP contribution in [0, 0.1) is 0 Å². The number of carbonyl (C=O) groups excluding carboxylic acids is 7. The van der Waals surface area contributed by atoms with E-state index in [9.17, 15) is 33.6 Å². The number of methoxy groups -OCH3 is 1. The summed E-state index contributed by atoms with van der Waals surface area (Å²) in [7, 11) is 1.11. The van der Waals surface area contributed by atoms with Crippen LogP contribution in [0.5, 0.6) is 0 Å². The number of ether oxygens (including phenoxy) is 14. The number of carbonyl (C=O) groups is 7. The zero-order chi connectivity index (χ0) is 55.4. The highest BCUT2D eigenvalue weighted by atomic mass is 32.2. The Morgan fingerprint density at radius 3 is 2.08 bits per heavy atom. The van der Waals surface area contributed by atoms with Crippen LogP contribution in [-0.2, 0) is 95.1 Å². The minimum Gasteiger partial charge on any atom is -0.466 e. The van der Waals surface area contributed by atoms with E-state index in [1.807, 2.05) is 30.3 Å². The molecule has 3 unspecified atom stereocenters. The van der Waals surface area contributed by atoms with Gasteiger partial charge in [-0.3, -0.25) is 24.0 Å². The third-order valence-corrected chi connectivity index (χ3v) is 14.1. The molecule has 11 atom stereocenters. The van der Waals surface area contributed by atoms with Crippen molar-refractivity contribution < 1.29 is 99.9 Å². The van der Waals surface area contributed by atoms with Crippen molar-refractivity contribution in [3.05, 3.63) is 71.8 Å². The number of benzene rings is 2. The van der Waals surface area contributed by atoms with Crippen molar-refractivity contribution in [1.82, 2.24) is 5.32 Å². The molecule has 6 rings (SSSR count). The molecule has 4 saturated heterocycles. The van der Waals surface area contributed by atoms with Gasteiger partial charge in [-0.1, -0.05) is 67.8 Å². The van der Waals surface area contributed by atoms with Gasteiger partial charge >= 0.3 is 35.8 Å². The Labute approximate surface area is 452 Å². The Bertz CT molecular complexity index is 2220. The van der Waals surface area contributed by atoms with Crippen LogP contribution in [0.4, 0.5) is 0 Å². The van der Waals surface area contributed by atoms with Crippen LogP contribution >= 0.6 is 11.8 Å². The molecular formula is C54H73NO21S. The summed E-state index contributed by atoms with van der Waals surface area (Å²) in [5.41, 5.74) is -0.983. The van der Waals surface area contributed by atoms with E-state index in [0.717, 1.165) is 104 Å². The largest absolute Gasteiger partial charge is 0.466 e. The molecule has 22 nitrogen and oxygen atoms in total. The molecule has 2 aromatic rings. The molecule has 426 valence electrons. The van der Waals surface area contributed by atoms with Gasteiger partial charge in [0.15, 0.2) is 42.9 Å². The van der Waals surface area contributed by atoms with Gasteiger partial charge in [0.2, 0.25) is 10.8 Å². The van der Waals surface area contributed by atoms with Gasteiger partial charge in [-0.25, -0.2) is 9.59 Å². The number of nitrogens with one attached hydrogen (secondary N) is 1. The summed E-state index contributed by atoms with van der Waals surface area (Å²) in [5.74, 6) is -5.57. The van der Waals surface area contributed by atoms with Crippen molar-refractivity contribution in [2.24, 2.45) is 0 Å². The van der Waals surface area contributed by atoms with E-state index in [0.29, 0.717) is 6.42 Å². The molecule has 77 heavy (non-hydrogen) atoms. The summed E-state index contributed by atoms with van der Waals surface area (Å²) in [6, 6.07) is 17.8. The monoisotopic (exact) mass is 1100 g/mol. The van der Waals surface area contributed by atoms with Crippen molar-refractivity contribution in [3.8, 4) is 0 Å². The van der Waals surface area contributed by atoms with Gasteiger partial charge < -0.3 is 71.6 Å². The van der Waals surface area contributed by atoms with E-state index in [1.54, 1.807) is 30.3 Å². The second kappa shape index (κ2) is 30.2. The zero-order valence-electron chi connectivity index (χ0n) is 44.5. The predicted molar refractivity (Wildman–Crippen MR) is 270 cm³/mol. The zero-order valence-corrected chi connectivity index (χ0v) is 45.4. The van der Waals surface area contributed by atoms with Crippen LogP contribution in [0.2, 0.25) is 0 Å². The standard InChI is InChI=1S/C54H73NO21S/c1-34(56)55-53(75-38(5)60)30-41(45(71-37(4)59)42(70-36(3)58)31-68-35(2)57)76-54(33-53,52(62)63-6)77-29-19-28-66-47-46-43(32-69-50(74-46)40-22-14-11-15-23-40)72-51(48(47)73-49(61)39-20-12-10-13-21-39)67-25-17-9-7-8-16-24-44-64-26-18-27-65-44/h10-15,20-23,41-48,50-51H,7-9,16-19,24-33H2,1-6H3,(H,55,56)/t41-,42?,43-,45?,46+,47+,48-,50?,51-,53-,54+/m1/s1. The first-order valence-corrected chi connectivity index (χ1v) is 27.0. The molecule has 0 saturated carbocycles. The average molecular weight is 1100 g/mol. The first-order valence-electron chi connectivity index (χ1n) is 26.1. The van der Waals surface area contributed by atoms with Crippen LogP contribution < -0.4 is 5.32 Å². The van der Waals surface area contributed by atoms with Gasteiger partial charge in [-0.15, -0.1) is 11.8 Å². The molecule has 0 radical (unpaired) electrons. The number of amides is 1. The highest BCUT2D eigenvalue weighted by Gasteiger charge is 2.60. The van der Waals surface area contributed by atoms with Crippen molar-refractivity contribution in [3.63, 3.8) is 0 Å². The van der Waals surface area contributed by atoms with Crippen molar-refractivity contribution >= 4 is 53.5 Å². The lowest BCUT2D eigenvalue weighted by Crippen LogP contribution is -2.66. The summed E-state index contributed by atoms with van der Waals surface area (Å²) in [4.78, 5) is 88.9. The molecule has 0 aliphatic carbocycles. The van der Waals surface area contributed by atoms with Crippen LogP contribution in [0.1, 0.15) is 121 Å². The number of hydrogen-bond donors (Lipinski definition) is 1. The lowest BCUT2D eigenvalue weighted by molar-refractivity contribution is -0.364. The van der Waals surface area contributed by atoms with E-state index >= 15 is 0 Å². The summed E-state index contributed by atoms with van der Waals surface area (Å²) >= 11 is 0.910. The molecule has 4 aliphatic heterocycles. The predicted octanol–water partition coefficient (Wildman–Crippen LogP) is 5.55. The fourth-order valence-electron chi connectivity index (χ4n) is 9.59. The first-order chi connectivity index (χ1) is 37.0. The maximum atomic E-state index is 14.2. The Morgan fingerprint density at radius 2 is 1.42 bits per heavy atom. The number of esters is 6. The molecule has 0 spiro atoms. The van der Waals surface area contributed by atoms with E-state index in [2.05, 4.69) is 5.32 Å². The van der Waals surface area contributed by atoms with Gasteiger partial charge in [0.05, 0.1) is 38.9 Å². The van der Waals surface area contributed by atoms with Crippen molar-refractivity contribution in [2.45, 2.75) is 171 Å². The molecular weight excluding hydrogens is 1030 g/mol. The minimum atomic E-state index is -2.13. The minimum absolute atomic E-state index is 0.0431. The second-order valence-corrected chi connectivity index (χ2v) is 20.4. The number of hydrogen-bond acceptors (Lipinski definition) is 22. The SMILES string of the molecule is COC(=O)[C@@]1(SCCCO[C@H]2[C@H]3OC(c4ccccc4)OC[C@H]3O[C@@H](OCCCCCCCC3OCCCO3)[C@@H]2OC(=O)c2ccccc2)C[C@](NC(C)=O)(OC(C)=O)C[C@H](C(OC(C)=O)C(COC(C)=O)OC(C)=O)O1. The van der Waals surface area contributed by atoms with Gasteiger partial charge in [-0.2, -0.15) is 0 Å². The highest BCUT2D eigenvalue weighted by Crippen LogP contribution is 2.47.